The highest BCUT2D eigenvalue weighted by atomic mass is 16.3. The molecule has 4 atom stereocenters. The van der Waals surface area contributed by atoms with Gasteiger partial charge in [0.1, 0.15) is 0 Å². The molecule has 0 spiro atoms. The van der Waals surface area contributed by atoms with E-state index in [0.29, 0.717) is 6.42 Å². The molecule has 2 heterocycles. The maximum atomic E-state index is 9.69. The van der Waals surface area contributed by atoms with Gasteiger partial charge in [0, 0.05) is 6.54 Å². The minimum Gasteiger partial charge on any atom is -0.391 e. The molecule has 76 valence electrons. The van der Waals surface area contributed by atoms with Gasteiger partial charge in [-0.15, -0.1) is 0 Å². The number of nitrogens with zero attached hydrogens (tertiary/aromatic N) is 1. The lowest BCUT2D eigenvalue weighted by Crippen LogP contribution is -2.61. The molecule has 3 N–H and O–H groups in total. The molecular weight excluding hydrogens is 170 g/mol. The normalized spacial score (nSPS) is 47.3. The Hall–Kier alpha value is -0.160. The zero-order valence-electron chi connectivity index (χ0n) is 7.63. The number of fused-ring (bicyclic) bond motifs is 1. The average Bonchev–Trinajstić information content (AvgIpc) is 2.12. The third kappa shape index (κ3) is 1.59. The predicted octanol–water partition coefficient (Wildman–Crippen LogP) is -1.06. The van der Waals surface area contributed by atoms with Crippen molar-refractivity contribution in [1.29, 1.82) is 0 Å². The Labute approximate surface area is 77.8 Å². The van der Waals surface area contributed by atoms with Crippen molar-refractivity contribution in [3.63, 3.8) is 0 Å². The Morgan fingerprint density at radius 2 is 1.69 bits per heavy atom. The van der Waals surface area contributed by atoms with Gasteiger partial charge in [0.05, 0.1) is 24.4 Å². The predicted molar refractivity (Wildman–Crippen MR) is 47.2 cm³/mol. The second-order valence-corrected chi connectivity index (χ2v) is 4.08. The van der Waals surface area contributed by atoms with E-state index in [1.807, 2.05) is 0 Å². The molecule has 2 rings (SSSR count). The number of rotatable bonds is 0. The van der Waals surface area contributed by atoms with Gasteiger partial charge in [-0.05, 0) is 25.8 Å². The van der Waals surface area contributed by atoms with Crippen LogP contribution in [-0.2, 0) is 0 Å². The van der Waals surface area contributed by atoms with Crippen LogP contribution in [0.2, 0.25) is 0 Å². The van der Waals surface area contributed by atoms with Crippen LogP contribution in [0, 0.1) is 0 Å². The molecule has 2 aliphatic heterocycles. The summed E-state index contributed by atoms with van der Waals surface area (Å²) in [4.78, 5) is 2.09. The highest BCUT2D eigenvalue weighted by Gasteiger charge is 2.41. The van der Waals surface area contributed by atoms with Crippen molar-refractivity contribution in [2.45, 2.75) is 43.6 Å². The molecule has 4 heteroatoms. The molecule has 13 heavy (non-hydrogen) atoms. The number of piperidine rings is 2. The number of hydrogen-bond donors (Lipinski definition) is 3. The third-order valence-electron chi connectivity index (χ3n) is 3.22. The molecule has 0 radical (unpaired) electrons. The van der Waals surface area contributed by atoms with Crippen molar-refractivity contribution >= 4 is 0 Å². The van der Waals surface area contributed by atoms with Crippen molar-refractivity contribution in [3.05, 3.63) is 0 Å². The molecule has 0 aromatic rings. The Bertz CT molecular complexity index is 186. The van der Waals surface area contributed by atoms with Crippen LogP contribution in [0.15, 0.2) is 0 Å². The van der Waals surface area contributed by atoms with Gasteiger partial charge in [-0.1, -0.05) is 0 Å². The van der Waals surface area contributed by atoms with E-state index in [9.17, 15) is 15.3 Å². The summed E-state index contributed by atoms with van der Waals surface area (Å²) in [6.45, 7) is 1.73. The molecule has 0 aromatic carbocycles. The lowest BCUT2D eigenvalue weighted by molar-refractivity contribution is -0.126. The lowest BCUT2D eigenvalue weighted by atomic mass is 9.87. The summed E-state index contributed by atoms with van der Waals surface area (Å²) in [6.07, 6.45) is 0.437. The molecule has 0 aromatic heterocycles. The van der Waals surface area contributed by atoms with Crippen molar-refractivity contribution in [2.24, 2.45) is 0 Å². The van der Waals surface area contributed by atoms with Crippen LogP contribution in [-0.4, -0.2) is 57.7 Å². The van der Waals surface area contributed by atoms with Crippen LogP contribution in [0.25, 0.3) is 0 Å². The van der Waals surface area contributed by atoms with E-state index in [4.69, 9.17) is 0 Å². The van der Waals surface area contributed by atoms with Crippen molar-refractivity contribution in [1.82, 2.24) is 4.90 Å². The summed E-state index contributed by atoms with van der Waals surface area (Å²) in [6, 6.07) is -0.238. The Balaban J connectivity index is 2.10. The van der Waals surface area contributed by atoms with Crippen LogP contribution >= 0.6 is 0 Å². The van der Waals surface area contributed by atoms with Crippen molar-refractivity contribution < 1.29 is 15.3 Å². The maximum Gasteiger partial charge on any atom is 0.0979 e. The zero-order valence-corrected chi connectivity index (χ0v) is 7.63. The summed E-state index contributed by atoms with van der Waals surface area (Å²) >= 11 is 0. The van der Waals surface area contributed by atoms with Gasteiger partial charge in [-0.3, -0.25) is 4.90 Å². The number of aliphatic hydroxyl groups is 3. The van der Waals surface area contributed by atoms with E-state index in [1.165, 1.54) is 0 Å². The Morgan fingerprint density at radius 1 is 0.923 bits per heavy atom. The summed E-state index contributed by atoms with van der Waals surface area (Å²) in [5, 5.41) is 28.8. The Morgan fingerprint density at radius 3 is 2.46 bits per heavy atom. The maximum absolute atomic E-state index is 9.69. The van der Waals surface area contributed by atoms with Gasteiger partial charge in [-0.2, -0.15) is 0 Å². The molecule has 0 amide bonds. The third-order valence-corrected chi connectivity index (χ3v) is 3.22. The zero-order chi connectivity index (χ0) is 9.42. The van der Waals surface area contributed by atoms with E-state index >= 15 is 0 Å². The first kappa shape index (κ1) is 9.40. The summed E-state index contributed by atoms with van der Waals surface area (Å²) in [5.74, 6) is 0. The molecule has 2 saturated heterocycles. The average molecular weight is 187 g/mol. The van der Waals surface area contributed by atoms with Gasteiger partial charge < -0.3 is 15.3 Å². The van der Waals surface area contributed by atoms with Gasteiger partial charge >= 0.3 is 0 Å². The van der Waals surface area contributed by atoms with Crippen LogP contribution in [0.1, 0.15) is 19.3 Å². The highest BCUT2D eigenvalue weighted by Crippen LogP contribution is 2.26. The van der Waals surface area contributed by atoms with Gasteiger partial charge in [0.25, 0.3) is 0 Å². The minimum atomic E-state index is -0.774. The molecule has 0 aliphatic carbocycles. The van der Waals surface area contributed by atoms with Gasteiger partial charge in [0.15, 0.2) is 0 Å². The first-order valence-corrected chi connectivity index (χ1v) is 4.98. The van der Waals surface area contributed by atoms with E-state index in [1.54, 1.807) is 0 Å². The molecule has 0 unspecified atom stereocenters. The lowest BCUT2D eigenvalue weighted by Gasteiger charge is -2.46. The smallest absolute Gasteiger partial charge is 0.0979 e. The summed E-state index contributed by atoms with van der Waals surface area (Å²) in [5.41, 5.74) is 0. The molecule has 2 fully saturated rings. The molecule has 0 bridgehead atoms. The fraction of sp³-hybridized carbons (Fsp3) is 1.00. The monoisotopic (exact) mass is 187 g/mol. The topological polar surface area (TPSA) is 63.9 Å². The van der Waals surface area contributed by atoms with E-state index < -0.39 is 18.3 Å². The molecule has 0 saturated carbocycles. The summed E-state index contributed by atoms with van der Waals surface area (Å²) < 4.78 is 0. The van der Waals surface area contributed by atoms with E-state index in [0.717, 1.165) is 25.9 Å². The van der Waals surface area contributed by atoms with Crippen LogP contribution < -0.4 is 0 Å². The quantitative estimate of drug-likeness (QED) is 0.452. The second-order valence-electron chi connectivity index (χ2n) is 4.08. The number of hydrogen-bond acceptors (Lipinski definition) is 4. The SMILES string of the molecule is O[C@H]1[C@H]2[C@H](O)CCCN2CC[C@@H]1O. The first-order valence-electron chi connectivity index (χ1n) is 4.98. The summed E-state index contributed by atoms with van der Waals surface area (Å²) in [7, 11) is 0. The molecular formula is C9H17NO3. The fourth-order valence-corrected chi connectivity index (χ4v) is 2.47. The number of aliphatic hydroxyl groups excluding tert-OH is 3. The molecule has 2 aliphatic rings. The Kier molecular flexibility index (Phi) is 2.55. The largest absolute Gasteiger partial charge is 0.391 e. The van der Waals surface area contributed by atoms with Crippen LogP contribution in [0.3, 0.4) is 0 Å². The van der Waals surface area contributed by atoms with E-state index in [-0.39, 0.29) is 6.04 Å². The standard InChI is InChI=1S/C9H17NO3/c11-6-2-1-4-10-5-3-7(12)9(13)8(6)10/h6-9,11-13H,1-5H2/t6-,7+,8-,9-/m1/s1. The van der Waals surface area contributed by atoms with Gasteiger partial charge in [-0.25, -0.2) is 0 Å². The fourth-order valence-electron chi connectivity index (χ4n) is 2.47. The highest BCUT2D eigenvalue weighted by molar-refractivity contribution is 4.96. The van der Waals surface area contributed by atoms with Crippen LogP contribution in [0.4, 0.5) is 0 Å². The van der Waals surface area contributed by atoms with Crippen molar-refractivity contribution in [3.8, 4) is 0 Å². The van der Waals surface area contributed by atoms with E-state index in [2.05, 4.69) is 4.90 Å². The first-order chi connectivity index (χ1) is 6.20. The van der Waals surface area contributed by atoms with Crippen LogP contribution in [0.5, 0.6) is 0 Å². The van der Waals surface area contributed by atoms with Gasteiger partial charge in [0.2, 0.25) is 0 Å². The molecule has 4 nitrogen and oxygen atoms in total. The van der Waals surface area contributed by atoms with Crippen molar-refractivity contribution in [2.75, 3.05) is 13.1 Å². The minimum absolute atomic E-state index is 0.238. The second kappa shape index (κ2) is 3.53.